The van der Waals surface area contributed by atoms with E-state index >= 15 is 0 Å². The van der Waals surface area contributed by atoms with Crippen LogP contribution in [0.15, 0.2) is 113 Å². The minimum absolute atomic E-state index is 0.00113. The summed E-state index contributed by atoms with van der Waals surface area (Å²) in [5.74, 6) is -0.533. The van der Waals surface area contributed by atoms with Gasteiger partial charge in [-0.05, 0) is 53.6 Å². The Labute approximate surface area is 261 Å². The second-order valence-electron chi connectivity index (χ2n) is 10.3. The van der Waals surface area contributed by atoms with Gasteiger partial charge in [0.05, 0.1) is 36.1 Å². The SMILES string of the molecule is COc1ccc2nc(N3C(=O)C(O)=C(C(=O)c4cc5ccccc5o4)C3c3ccc(OCc4ccccc4)c(OC)c3)sc2c1. The molecule has 1 N–H and O–H groups in total. The van der Waals surface area contributed by atoms with E-state index in [1.165, 1.54) is 23.3 Å². The number of aromatic nitrogens is 1. The van der Waals surface area contributed by atoms with Crippen molar-refractivity contribution in [2.45, 2.75) is 12.6 Å². The molecule has 0 saturated carbocycles. The fourth-order valence-corrected chi connectivity index (χ4v) is 6.43. The zero-order valence-electron chi connectivity index (χ0n) is 24.2. The molecule has 4 aromatic carbocycles. The smallest absolute Gasteiger partial charge is 0.296 e. The summed E-state index contributed by atoms with van der Waals surface area (Å²) in [5, 5.41) is 12.3. The van der Waals surface area contributed by atoms with Crippen LogP contribution in [-0.4, -0.2) is 36.0 Å². The van der Waals surface area contributed by atoms with Crippen molar-refractivity contribution in [2.75, 3.05) is 19.1 Å². The number of Topliss-reactive ketones (excluding diaryl/α,β-unsaturated/α-hetero) is 1. The van der Waals surface area contributed by atoms with E-state index in [-0.39, 0.29) is 11.3 Å². The van der Waals surface area contributed by atoms with Crippen molar-refractivity contribution >= 4 is 49.3 Å². The number of aliphatic hydroxyl groups is 1. The van der Waals surface area contributed by atoms with Crippen molar-refractivity contribution in [3.05, 3.63) is 125 Å². The molecule has 45 heavy (non-hydrogen) atoms. The number of para-hydroxylation sites is 1. The van der Waals surface area contributed by atoms with E-state index in [0.717, 1.165) is 15.6 Å². The molecule has 1 aliphatic rings. The fourth-order valence-electron chi connectivity index (χ4n) is 5.41. The maximum absolute atomic E-state index is 14.1. The zero-order valence-corrected chi connectivity index (χ0v) is 25.0. The van der Waals surface area contributed by atoms with Crippen molar-refractivity contribution in [3.8, 4) is 17.2 Å². The first-order chi connectivity index (χ1) is 21.9. The molecule has 0 fully saturated rings. The van der Waals surface area contributed by atoms with Crippen LogP contribution in [0.2, 0.25) is 0 Å². The first-order valence-electron chi connectivity index (χ1n) is 14.0. The number of carbonyl (C=O) groups is 2. The Bertz CT molecular complexity index is 2080. The van der Waals surface area contributed by atoms with Gasteiger partial charge in [-0.1, -0.05) is 65.9 Å². The fraction of sp³-hybridized carbons (Fsp3) is 0.114. The summed E-state index contributed by atoms with van der Waals surface area (Å²) in [7, 11) is 3.09. The minimum Gasteiger partial charge on any atom is -0.503 e. The predicted molar refractivity (Wildman–Crippen MR) is 170 cm³/mol. The van der Waals surface area contributed by atoms with E-state index in [0.29, 0.717) is 45.7 Å². The van der Waals surface area contributed by atoms with Gasteiger partial charge in [0.15, 0.2) is 28.1 Å². The van der Waals surface area contributed by atoms with Crippen LogP contribution >= 0.6 is 11.3 Å². The second kappa shape index (κ2) is 11.5. The highest BCUT2D eigenvalue weighted by Gasteiger charge is 2.47. The predicted octanol–water partition coefficient (Wildman–Crippen LogP) is 7.42. The molecule has 3 heterocycles. The first kappa shape index (κ1) is 28.2. The van der Waals surface area contributed by atoms with Crippen LogP contribution in [0, 0.1) is 0 Å². The van der Waals surface area contributed by atoms with Gasteiger partial charge in [0.25, 0.3) is 5.91 Å². The van der Waals surface area contributed by atoms with E-state index in [1.807, 2.05) is 48.5 Å². The van der Waals surface area contributed by atoms with Crippen LogP contribution in [0.5, 0.6) is 17.2 Å². The lowest BCUT2D eigenvalue weighted by Crippen LogP contribution is -2.31. The summed E-state index contributed by atoms with van der Waals surface area (Å²) in [4.78, 5) is 33.9. The molecule has 1 unspecified atom stereocenters. The number of hydrogen-bond acceptors (Lipinski definition) is 9. The third-order valence-corrected chi connectivity index (χ3v) is 8.65. The molecular formula is C35H26N2O7S. The highest BCUT2D eigenvalue weighted by atomic mass is 32.1. The molecular weight excluding hydrogens is 592 g/mol. The van der Waals surface area contributed by atoms with Crippen molar-refractivity contribution in [3.63, 3.8) is 0 Å². The highest BCUT2D eigenvalue weighted by Crippen LogP contribution is 2.46. The molecule has 9 nitrogen and oxygen atoms in total. The molecule has 1 amide bonds. The molecule has 224 valence electrons. The quantitative estimate of drug-likeness (QED) is 0.167. The summed E-state index contributed by atoms with van der Waals surface area (Å²) in [5.41, 5.74) is 2.51. The van der Waals surface area contributed by atoms with E-state index < -0.39 is 23.5 Å². The molecule has 0 aliphatic carbocycles. The third kappa shape index (κ3) is 5.04. The lowest BCUT2D eigenvalue weighted by molar-refractivity contribution is -0.117. The van der Waals surface area contributed by atoms with Gasteiger partial charge >= 0.3 is 0 Å². The Morgan fingerprint density at radius 2 is 1.73 bits per heavy atom. The molecule has 1 atom stereocenters. The van der Waals surface area contributed by atoms with Crippen molar-refractivity contribution < 1.29 is 33.3 Å². The van der Waals surface area contributed by atoms with Crippen molar-refractivity contribution in [2.24, 2.45) is 0 Å². The molecule has 0 radical (unpaired) electrons. The Kier molecular flexibility index (Phi) is 7.19. The second-order valence-corrected chi connectivity index (χ2v) is 11.3. The number of hydrogen-bond donors (Lipinski definition) is 1. The molecule has 2 aromatic heterocycles. The number of anilines is 1. The number of amides is 1. The largest absolute Gasteiger partial charge is 0.503 e. The summed E-state index contributed by atoms with van der Waals surface area (Å²) in [6.45, 7) is 0.316. The number of thiazole rings is 1. The first-order valence-corrected chi connectivity index (χ1v) is 14.9. The topological polar surface area (TPSA) is 111 Å². The maximum atomic E-state index is 14.1. The number of ether oxygens (including phenoxy) is 3. The van der Waals surface area contributed by atoms with Crippen LogP contribution in [0.1, 0.15) is 27.7 Å². The van der Waals surface area contributed by atoms with Gasteiger partial charge in [-0.2, -0.15) is 0 Å². The van der Waals surface area contributed by atoms with Gasteiger partial charge in [0, 0.05) is 5.39 Å². The summed E-state index contributed by atoms with van der Waals surface area (Å²) >= 11 is 1.25. The number of nitrogens with zero attached hydrogens (tertiary/aromatic N) is 2. The Balaban J connectivity index is 1.33. The van der Waals surface area contributed by atoms with E-state index in [1.54, 1.807) is 55.6 Å². The number of ketones is 1. The van der Waals surface area contributed by atoms with Crippen LogP contribution < -0.4 is 19.1 Å². The van der Waals surface area contributed by atoms with Gasteiger partial charge in [-0.15, -0.1) is 0 Å². The van der Waals surface area contributed by atoms with E-state index in [2.05, 4.69) is 0 Å². The van der Waals surface area contributed by atoms with Crippen molar-refractivity contribution in [1.29, 1.82) is 0 Å². The third-order valence-electron chi connectivity index (χ3n) is 7.63. The maximum Gasteiger partial charge on any atom is 0.296 e. The van der Waals surface area contributed by atoms with Gasteiger partial charge in [-0.3, -0.25) is 14.5 Å². The molecule has 6 aromatic rings. The molecule has 0 spiro atoms. The normalized spacial score (nSPS) is 14.8. The lowest BCUT2D eigenvalue weighted by Gasteiger charge is -2.25. The van der Waals surface area contributed by atoms with Crippen molar-refractivity contribution in [1.82, 2.24) is 4.98 Å². The highest BCUT2D eigenvalue weighted by molar-refractivity contribution is 7.22. The monoisotopic (exact) mass is 618 g/mol. The van der Waals surface area contributed by atoms with Gasteiger partial charge in [0.2, 0.25) is 5.78 Å². The van der Waals surface area contributed by atoms with Gasteiger partial charge < -0.3 is 23.7 Å². The van der Waals surface area contributed by atoms with Gasteiger partial charge in [0.1, 0.15) is 17.9 Å². The number of fused-ring (bicyclic) bond motifs is 2. The molecule has 7 rings (SSSR count). The average Bonchev–Trinajstić information content (AvgIpc) is 3.77. The van der Waals surface area contributed by atoms with Crippen LogP contribution in [-0.2, 0) is 11.4 Å². The molecule has 0 saturated heterocycles. The Morgan fingerprint density at radius 1 is 0.933 bits per heavy atom. The van der Waals surface area contributed by atoms with E-state index in [9.17, 15) is 14.7 Å². The standard InChI is InChI=1S/C35H26N2O7S/c1-41-23-13-14-24-29(18-23)45-35(36-24)37-31(22-12-15-26(27(17-22)42-2)43-19-20-8-4-3-5-9-20)30(33(39)34(37)40)32(38)28-16-21-10-6-7-11-25(21)44-28/h3-18,31,39H,19H2,1-2H3. The summed E-state index contributed by atoms with van der Waals surface area (Å²) < 4.78 is 23.7. The zero-order chi connectivity index (χ0) is 31.1. The number of carbonyl (C=O) groups excluding carboxylic acids is 2. The summed E-state index contributed by atoms with van der Waals surface area (Å²) in [6, 6.07) is 28.0. The van der Waals surface area contributed by atoms with Gasteiger partial charge in [-0.25, -0.2) is 4.98 Å². The minimum atomic E-state index is -1.04. The average molecular weight is 619 g/mol. The number of aliphatic hydroxyl groups excluding tert-OH is 1. The number of furan rings is 1. The molecule has 1 aliphatic heterocycles. The van der Waals surface area contributed by atoms with E-state index in [4.69, 9.17) is 23.6 Å². The molecule has 10 heteroatoms. The number of benzene rings is 4. The number of methoxy groups -OCH3 is 2. The summed E-state index contributed by atoms with van der Waals surface area (Å²) in [6.07, 6.45) is 0. The van der Waals surface area contributed by atoms with Crippen LogP contribution in [0.25, 0.3) is 21.2 Å². The Hall–Kier alpha value is -5.61. The van der Waals surface area contributed by atoms with Crippen LogP contribution in [0.3, 0.4) is 0 Å². The molecule has 0 bridgehead atoms. The van der Waals surface area contributed by atoms with Crippen LogP contribution in [0.4, 0.5) is 5.13 Å². The number of rotatable bonds is 9. The lowest BCUT2D eigenvalue weighted by atomic mass is 9.95. The Morgan fingerprint density at radius 3 is 2.51 bits per heavy atom.